The number of nitrogens with one attached hydrogen (secondary N) is 2. The van der Waals surface area contributed by atoms with Crippen molar-refractivity contribution in [2.24, 2.45) is 10.9 Å². The van der Waals surface area contributed by atoms with Crippen LogP contribution in [0.25, 0.3) is 0 Å². The molecule has 1 aromatic rings. The Morgan fingerprint density at radius 3 is 2.83 bits per heavy atom. The van der Waals surface area contributed by atoms with Gasteiger partial charge in [0.25, 0.3) is 0 Å². The second kappa shape index (κ2) is 7.63. The summed E-state index contributed by atoms with van der Waals surface area (Å²) in [6.45, 7) is 8.07. The Kier molecular flexibility index (Phi) is 6.11. The highest BCUT2D eigenvalue weighted by atomic mass is 19.1. The summed E-state index contributed by atoms with van der Waals surface area (Å²) in [5.74, 6) is 0.901. The molecule has 1 rings (SSSR count). The zero-order valence-electron chi connectivity index (χ0n) is 11.2. The normalized spacial score (nSPS) is 11.7. The summed E-state index contributed by atoms with van der Waals surface area (Å²) >= 11 is 0. The number of rotatable bonds is 5. The minimum atomic E-state index is -0.319. The van der Waals surface area contributed by atoms with Crippen LogP contribution in [-0.4, -0.2) is 24.0 Å². The molecule has 0 aliphatic heterocycles. The summed E-state index contributed by atoms with van der Waals surface area (Å²) < 4.78 is 13.4. The van der Waals surface area contributed by atoms with Gasteiger partial charge in [-0.1, -0.05) is 13.8 Å². The van der Waals surface area contributed by atoms with Crippen molar-refractivity contribution >= 4 is 5.96 Å². The lowest BCUT2D eigenvalue weighted by atomic mass is 10.2. The zero-order valence-corrected chi connectivity index (χ0v) is 11.2. The van der Waals surface area contributed by atoms with E-state index in [0.717, 1.165) is 13.1 Å². The Morgan fingerprint density at radius 2 is 2.22 bits per heavy atom. The average Bonchev–Trinajstić information content (AvgIpc) is 2.34. The quantitative estimate of drug-likeness (QED) is 0.622. The first kappa shape index (κ1) is 14.4. The topological polar surface area (TPSA) is 49.3 Å². The van der Waals surface area contributed by atoms with Crippen molar-refractivity contribution < 1.29 is 4.39 Å². The standard InChI is InChI=1S/C13H21FN4/c1-4-15-13(17-8-10(2)3)18-9-12-11(14)6-5-7-16-12/h5-7,10H,4,8-9H2,1-3H3,(H2,15,17,18). The van der Waals surface area contributed by atoms with Crippen LogP contribution in [0.15, 0.2) is 23.3 Å². The molecular formula is C13H21FN4. The van der Waals surface area contributed by atoms with Crippen LogP contribution in [0.3, 0.4) is 0 Å². The Balaban J connectivity index is 2.62. The van der Waals surface area contributed by atoms with Gasteiger partial charge in [0.2, 0.25) is 0 Å². The zero-order chi connectivity index (χ0) is 13.4. The third-order valence-electron chi connectivity index (χ3n) is 2.24. The molecule has 5 heteroatoms. The van der Waals surface area contributed by atoms with Gasteiger partial charge in [0.05, 0.1) is 12.2 Å². The molecule has 0 spiro atoms. The van der Waals surface area contributed by atoms with Gasteiger partial charge in [-0.3, -0.25) is 4.98 Å². The van der Waals surface area contributed by atoms with Gasteiger partial charge in [0, 0.05) is 19.3 Å². The number of aromatic nitrogens is 1. The van der Waals surface area contributed by atoms with Crippen LogP contribution in [0.5, 0.6) is 0 Å². The molecule has 0 aliphatic rings. The van der Waals surface area contributed by atoms with Crippen molar-refractivity contribution in [1.82, 2.24) is 15.6 Å². The second-order valence-corrected chi connectivity index (χ2v) is 4.40. The van der Waals surface area contributed by atoms with E-state index < -0.39 is 0 Å². The summed E-state index contributed by atoms with van der Waals surface area (Å²) in [5.41, 5.74) is 0.360. The summed E-state index contributed by atoms with van der Waals surface area (Å²) in [5, 5.41) is 6.31. The fourth-order valence-corrected chi connectivity index (χ4v) is 1.33. The number of guanidine groups is 1. The van der Waals surface area contributed by atoms with Crippen LogP contribution in [-0.2, 0) is 6.54 Å². The summed E-state index contributed by atoms with van der Waals surface area (Å²) in [6, 6.07) is 2.97. The van der Waals surface area contributed by atoms with Crippen LogP contribution in [0.1, 0.15) is 26.5 Å². The van der Waals surface area contributed by atoms with E-state index in [-0.39, 0.29) is 12.4 Å². The van der Waals surface area contributed by atoms with Crippen molar-refractivity contribution in [3.8, 4) is 0 Å². The lowest BCUT2D eigenvalue weighted by Gasteiger charge is -2.12. The largest absolute Gasteiger partial charge is 0.357 e. The van der Waals surface area contributed by atoms with E-state index in [1.165, 1.54) is 6.07 Å². The number of aliphatic imine (C=N–C) groups is 1. The molecule has 18 heavy (non-hydrogen) atoms. The third kappa shape index (κ3) is 5.12. The van der Waals surface area contributed by atoms with Crippen LogP contribution < -0.4 is 10.6 Å². The molecule has 2 N–H and O–H groups in total. The molecule has 1 aromatic heterocycles. The van der Waals surface area contributed by atoms with Crippen molar-refractivity contribution in [3.05, 3.63) is 29.8 Å². The molecule has 0 bridgehead atoms. The van der Waals surface area contributed by atoms with Crippen LogP contribution in [0.4, 0.5) is 4.39 Å². The van der Waals surface area contributed by atoms with Crippen molar-refractivity contribution in [3.63, 3.8) is 0 Å². The Morgan fingerprint density at radius 1 is 1.44 bits per heavy atom. The van der Waals surface area contributed by atoms with Crippen molar-refractivity contribution in [1.29, 1.82) is 0 Å². The van der Waals surface area contributed by atoms with E-state index in [2.05, 4.69) is 34.5 Å². The molecule has 0 saturated carbocycles. The summed E-state index contributed by atoms with van der Waals surface area (Å²) in [4.78, 5) is 8.28. The number of hydrogen-bond acceptors (Lipinski definition) is 2. The van der Waals surface area contributed by atoms with Crippen LogP contribution >= 0.6 is 0 Å². The highest BCUT2D eigenvalue weighted by Crippen LogP contribution is 2.03. The van der Waals surface area contributed by atoms with Gasteiger partial charge < -0.3 is 10.6 Å². The predicted molar refractivity (Wildman–Crippen MR) is 71.9 cm³/mol. The molecule has 0 radical (unpaired) electrons. The Bertz CT molecular complexity index is 390. The molecule has 4 nitrogen and oxygen atoms in total. The fourth-order valence-electron chi connectivity index (χ4n) is 1.33. The van der Waals surface area contributed by atoms with Crippen molar-refractivity contribution in [2.75, 3.05) is 13.1 Å². The maximum Gasteiger partial charge on any atom is 0.191 e. The van der Waals surface area contributed by atoms with Crippen molar-refractivity contribution in [2.45, 2.75) is 27.3 Å². The summed E-state index contributed by atoms with van der Waals surface area (Å²) in [7, 11) is 0. The number of hydrogen-bond donors (Lipinski definition) is 2. The Labute approximate surface area is 108 Å². The molecule has 0 unspecified atom stereocenters. The van der Waals surface area contributed by atoms with E-state index in [0.29, 0.717) is 17.6 Å². The molecule has 0 atom stereocenters. The second-order valence-electron chi connectivity index (χ2n) is 4.40. The molecule has 0 aliphatic carbocycles. The average molecular weight is 252 g/mol. The van der Waals surface area contributed by atoms with E-state index in [1.807, 2.05) is 6.92 Å². The highest BCUT2D eigenvalue weighted by Gasteiger charge is 2.03. The van der Waals surface area contributed by atoms with Gasteiger partial charge in [-0.05, 0) is 25.0 Å². The summed E-state index contributed by atoms with van der Waals surface area (Å²) in [6.07, 6.45) is 1.57. The first-order chi connectivity index (χ1) is 8.63. The molecule has 0 amide bonds. The highest BCUT2D eigenvalue weighted by molar-refractivity contribution is 5.79. The molecular weight excluding hydrogens is 231 g/mol. The SMILES string of the molecule is CCNC(=NCc1ncccc1F)NCC(C)C. The number of pyridine rings is 1. The van der Waals surface area contributed by atoms with Crippen LogP contribution in [0.2, 0.25) is 0 Å². The van der Waals surface area contributed by atoms with E-state index >= 15 is 0 Å². The lowest BCUT2D eigenvalue weighted by molar-refractivity contribution is 0.596. The maximum absolute atomic E-state index is 13.4. The van der Waals surface area contributed by atoms with E-state index in [4.69, 9.17) is 0 Å². The first-order valence-corrected chi connectivity index (χ1v) is 6.25. The maximum atomic E-state index is 13.4. The van der Waals surface area contributed by atoms with E-state index in [1.54, 1.807) is 12.3 Å². The van der Waals surface area contributed by atoms with Gasteiger partial charge in [-0.15, -0.1) is 0 Å². The van der Waals surface area contributed by atoms with Gasteiger partial charge in [-0.2, -0.15) is 0 Å². The van der Waals surface area contributed by atoms with Gasteiger partial charge in [0.1, 0.15) is 5.82 Å². The molecule has 0 aromatic carbocycles. The van der Waals surface area contributed by atoms with Gasteiger partial charge in [0.15, 0.2) is 5.96 Å². The lowest BCUT2D eigenvalue weighted by Crippen LogP contribution is -2.39. The van der Waals surface area contributed by atoms with Crippen LogP contribution in [0, 0.1) is 11.7 Å². The predicted octanol–water partition coefficient (Wildman–Crippen LogP) is 1.93. The monoisotopic (exact) mass is 252 g/mol. The molecule has 1 heterocycles. The first-order valence-electron chi connectivity index (χ1n) is 6.25. The fraction of sp³-hybridized carbons (Fsp3) is 0.538. The minimum absolute atomic E-state index is 0.236. The van der Waals surface area contributed by atoms with E-state index in [9.17, 15) is 4.39 Å². The Hall–Kier alpha value is -1.65. The molecule has 0 saturated heterocycles. The smallest absolute Gasteiger partial charge is 0.191 e. The molecule has 0 fully saturated rings. The van der Waals surface area contributed by atoms with Gasteiger partial charge >= 0.3 is 0 Å². The molecule has 100 valence electrons. The number of nitrogens with zero attached hydrogens (tertiary/aromatic N) is 2. The number of halogens is 1. The third-order valence-corrected chi connectivity index (χ3v) is 2.24. The minimum Gasteiger partial charge on any atom is -0.357 e. The van der Waals surface area contributed by atoms with Gasteiger partial charge in [-0.25, -0.2) is 9.38 Å².